The first-order valence-corrected chi connectivity index (χ1v) is 4.84. The van der Waals surface area contributed by atoms with E-state index in [4.69, 9.17) is 0 Å². The summed E-state index contributed by atoms with van der Waals surface area (Å²) < 4.78 is 1.39. The summed E-state index contributed by atoms with van der Waals surface area (Å²) in [7, 11) is 1.64. The summed E-state index contributed by atoms with van der Waals surface area (Å²) in [4.78, 5) is 16.0. The van der Waals surface area contributed by atoms with Crippen LogP contribution in [0.5, 0.6) is 0 Å². The predicted octanol–water partition coefficient (Wildman–Crippen LogP) is 0.877. The van der Waals surface area contributed by atoms with Crippen LogP contribution >= 0.6 is 0 Å². The van der Waals surface area contributed by atoms with Crippen LogP contribution in [0.3, 0.4) is 0 Å². The molecule has 0 bridgehead atoms. The molecule has 0 atom stereocenters. The molecule has 0 N–H and O–H groups in total. The fourth-order valence-electron chi connectivity index (χ4n) is 1.68. The van der Waals surface area contributed by atoms with Gasteiger partial charge < -0.3 is 4.57 Å². The number of rotatable bonds is 0. The number of hydrogen-bond donors (Lipinski definition) is 0. The van der Waals surface area contributed by atoms with E-state index in [-0.39, 0.29) is 5.56 Å². The van der Waals surface area contributed by atoms with E-state index in [9.17, 15) is 4.79 Å². The first-order chi connectivity index (χ1) is 7.77. The molecule has 5 heteroatoms. The molecule has 0 amide bonds. The Labute approximate surface area is 90.4 Å². The molecule has 0 saturated carbocycles. The van der Waals surface area contributed by atoms with Gasteiger partial charge in [0.05, 0.1) is 11.8 Å². The van der Waals surface area contributed by atoms with Gasteiger partial charge in [-0.1, -0.05) is 18.2 Å². The van der Waals surface area contributed by atoms with E-state index in [1.54, 1.807) is 7.05 Å². The van der Waals surface area contributed by atoms with E-state index in [2.05, 4.69) is 15.2 Å². The van der Waals surface area contributed by atoms with Gasteiger partial charge in [-0.3, -0.25) is 4.79 Å². The Hall–Kier alpha value is -2.30. The zero-order valence-corrected chi connectivity index (χ0v) is 8.58. The highest BCUT2D eigenvalue weighted by Crippen LogP contribution is 2.16. The summed E-state index contributed by atoms with van der Waals surface area (Å²) in [5, 5.41) is 8.78. The van der Waals surface area contributed by atoms with Crippen molar-refractivity contribution in [2.24, 2.45) is 7.05 Å². The summed E-state index contributed by atoms with van der Waals surface area (Å²) in [6.45, 7) is 0. The average Bonchev–Trinajstić information content (AvgIpc) is 2.33. The smallest absolute Gasteiger partial charge is 0.281 e. The SMILES string of the molecule is Cn1cnc2c(nnc3ccccc32)c1=O. The molecule has 1 aromatic carbocycles. The first-order valence-electron chi connectivity index (χ1n) is 4.84. The van der Waals surface area contributed by atoms with Crippen molar-refractivity contribution in [2.75, 3.05) is 0 Å². The number of aryl methyl sites for hydroxylation is 1. The minimum atomic E-state index is -0.178. The second-order valence-corrected chi connectivity index (χ2v) is 3.57. The molecule has 78 valence electrons. The van der Waals surface area contributed by atoms with Crippen LogP contribution < -0.4 is 5.56 Å². The maximum Gasteiger partial charge on any atom is 0.281 e. The van der Waals surface area contributed by atoms with Crippen LogP contribution in [0.1, 0.15) is 0 Å². The zero-order chi connectivity index (χ0) is 11.1. The van der Waals surface area contributed by atoms with Crippen molar-refractivity contribution in [1.82, 2.24) is 19.7 Å². The van der Waals surface area contributed by atoms with Crippen molar-refractivity contribution in [3.05, 3.63) is 40.9 Å². The molecular weight excluding hydrogens is 204 g/mol. The Morgan fingerprint density at radius 3 is 2.81 bits per heavy atom. The summed E-state index contributed by atoms with van der Waals surface area (Å²) in [5.41, 5.74) is 1.48. The lowest BCUT2D eigenvalue weighted by Gasteiger charge is -2.01. The molecule has 0 aliphatic rings. The molecule has 16 heavy (non-hydrogen) atoms. The number of fused-ring (bicyclic) bond motifs is 3. The normalized spacial score (nSPS) is 11.1. The zero-order valence-electron chi connectivity index (χ0n) is 8.58. The summed E-state index contributed by atoms with van der Waals surface area (Å²) in [6.07, 6.45) is 1.50. The van der Waals surface area contributed by atoms with Crippen molar-refractivity contribution in [3.8, 4) is 0 Å². The molecule has 0 aliphatic carbocycles. The van der Waals surface area contributed by atoms with Gasteiger partial charge in [0.1, 0.15) is 5.52 Å². The number of nitrogens with zero attached hydrogens (tertiary/aromatic N) is 4. The second kappa shape index (κ2) is 3.10. The Kier molecular flexibility index (Phi) is 1.73. The lowest BCUT2D eigenvalue weighted by atomic mass is 10.2. The molecule has 0 unspecified atom stereocenters. The predicted molar refractivity (Wildman–Crippen MR) is 60.1 cm³/mol. The van der Waals surface area contributed by atoms with Crippen LogP contribution in [0.15, 0.2) is 35.4 Å². The lowest BCUT2D eigenvalue weighted by Crippen LogP contribution is -2.18. The highest BCUT2D eigenvalue weighted by Gasteiger charge is 2.07. The fraction of sp³-hybridized carbons (Fsp3) is 0.0909. The molecule has 3 rings (SSSR count). The van der Waals surface area contributed by atoms with E-state index < -0.39 is 0 Å². The molecule has 2 heterocycles. The van der Waals surface area contributed by atoms with Crippen LogP contribution in [0, 0.1) is 0 Å². The molecule has 0 fully saturated rings. The number of hydrogen-bond acceptors (Lipinski definition) is 4. The largest absolute Gasteiger partial charge is 0.300 e. The van der Waals surface area contributed by atoms with Crippen molar-refractivity contribution < 1.29 is 0 Å². The fourth-order valence-corrected chi connectivity index (χ4v) is 1.68. The van der Waals surface area contributed by atoms with Gasteiger partial charge in [-0.15, -0.1) is 10.2 Å². The van der Waals surface area contributed by atoms with Gasteiger partial charge in [0.2, 0.25) is 0 Å². The maximum atomic E-state index is 11.8. The monoisotopic (exact) mass is 212 g/mol. The molecule has 3 aromatic rings. The van der Waals surface area contributed by atoms with Crippen molar-refractivity contribution in [1.29, 1.82) is 0 Å². The van der Waals surface area contributed by atoms with Crippen LogP contribution in [0.25, 0.3) is 21.9 Å². The number of benzene rings is 1. The lowest BCUT2D eigenvalue weighted by molar-refractivity contribution is 0.835. The van der Waals surface area contributed by atoms with Gasteiger partial charge in [0, 0.05) is 12.4 Å². The quantitative estimate of drug-likeness (QED) is 0.519. The molecule has 0 saturated heterocycles. The molecular formula is C11H8N4O. The van der Waals surface area contributed by atoms with Crippen molar-refractivity contribution >= 4 is 21.9 Å². The van der Waals surface area contributed by atoms with Crippen LogP contribution in [0.2, 0.25) is 0 Å². The second-order valence-electron chi connectivity index (χ2n) is 3.57. The standard InChI is InChI=1S/C11H8N4O/c1-15-6-12-9-7-4-2-3-5-8(7)13-14-10(9)11(15)16/h2-6H,1H3. The van der Waals surface area contributed by atoms with Gasteiger partial charge in [0.25, 0.3) is 5.56 Å². The van der Waals surface area contributed by atoms with Crippen molar-refractivity contribution in [3.63, 3.8) is 0 Å². The summed E-state index contributed by atoms with van der Waals surface area (Å²) >= 11 is 0. The van der Waals surface area contributed by atoms with E-state index in [0.29, 0.717) is 11.0 Å². The highest BCUT2D eigenvalue weighted by atomic mass is 16.1. The van der Waals surface area contributed by atoms with E-state index in [1.165, 1.54) is 10.9 Å². The van der Waals surface area contributed by atoms with Crippen LogP contribution in [-0.2, 0) is 7.05 Å². The Morgan fingerprint density at radius 2 is 1.94 bits per heavy atom. The van der Waals surface area contributed by atoms with E-state index in [0.717, 1.165) is 10.9 Å². The van der Waals surface area contributed by atoms with E-state index >= 15 is 0 Å². The average molecular weight is 212 g/mol. The van der Waals surface area contributed by atoms with Gasteiger partial charge in [-0.2, -0.15) is 0 Å². The third-order valence-electron chi connectivity index (χ3n) is 2.52. The van der Waals surface area contributed by atoms with Gasteiger partial charge >= 0.3 is 0 Å². The van der Waals surface area contributed by atoms with Gasteiger partial charge in [-0.25, -0.2) is 4.98 Å². The van der Waals surface area contributed by atoms with Gasteiger partial charge in [0.15, 0.2) is 5.52 Å². The van der Waals surface area contributed by atoms with Crippen molar-refractivity contribution in [2.45, 2.75) is 0 Å². The molecule has 0 aliphatic heterocycles. The summed E-state index contributed by atoms with van der Waals surface area (Å²) in [5.74, 6) is 0. The minimum Gasteiger partial charge on any atom is -0.300 e. The topological polar surface area (TPSA) is 60.7 Å². The van der Waals surface area contributed by atoms with Crippen LogP contribution in [-0.4, -0.2) is 19.7 Å². The Balaban J connectivity index is 2.63. The Morgan fingerprint density at radius 1 is 1.12 bits per heavy atom. The third kappa shape index (κ3) is 1.11. The number of aromatic nitrogens is 4. The maximum absolute atomic E-state index is 11.8. The molecule has 0 spiro atoms. The van der Waals surface area contributed by atoms with E-state index in [1.807, 2.05) is 24.3 Å². The van der Waals surface area contributed by atoms with Gasteiger partial charge in [-0.05, 0) is 6.07 Å². The molecule has 2 aromatic heterocycles. The third-order valence-corrected chi connectivity index (χ3v) is 2.52. The Bertz CT molecular complexity index is 748. The minimum absolute atomic E-state index is 0.178. The first kappa shape index (κ1) is 8.96. The van der Waals surface area contributed by atoms with Crippen LogP contribution in [0.4, 0.5) is 0 Å². The highest BCUT2D eigenvalue weighted by molar-refractivity contribution is 6.00. The molecule has 5 nitrogen and oxygen atoms in total. The molecule has 0 radical (unpaired) electrons. The summed E-state index contributed by atoms with van der Waals surface area (Å²) in [6, 6.07) is 7.51.